The third-order valence-electron chi connectivity index (χ3n) is 6.24. The van der Waals surface area contributed by atoms with Crippen LogP contribution in [-0.2, 0) is 0 Å². The number of ether oxygens (including phenoxy) is 1. The number of hydrogen-bond donors (Lipinski definition) is 2. The highest BCUT2D eigenvalue weighted by atomic mass is 35.5. The molecule has 168 valence electrons. The van der Waals surface area contributed by atoms with Crippen molar-refractivity contribution in [3.63, 3.8) is 0 Å². The summed E-state index contributed by atoms with van der Waals surface area (Å²) in [7, 11) is 0.0260. The average molecular weight is 485 g/mol. The van der Waals surface area contributed by atoms with Gasteiger partial charge in [0.2, 0.25) is 5.28 Å². The first kappa shape index (κ1) is 22.8. The molecule has 2 aliphatic heterocycles. The van der Waals surface area contributed by atoms with Gasteiger partial charge in [-0.05, 0) is 36.6 Å². The largest absolute Gasteiger partial charge is 0.494 e. The Kier molecular flexibility index (Phi) is 7.09. The van der Waals surface area contributed by atoms with Crippen LogP contribution in [-0.4, -0.2) is 78.1 Å². The molecule has 0 radical (unpaired) electrons. The molecular weight excluding hydrogens is 456 g/mol. The molecule has 0 amide bonds. The van der Waals surface area contributed by atoms with E-state index in [0.717, 1.165) is 62.7 Å². The number of anilines is 3. The van der Waals surface area contributed by atoms with E-state index in [1.807, 2.05) is 12.1 Å². The minimum absolute atomic E-state index is 0.129. The van der Waals surface area contributed by atoms with E-state index >= 15 is 0 Å². The molecule has 0 aliphatic carbocycles. The van der Waals surface area contributed by atoms with Crippen molar-refractivity contribution in [1.82, 2.24) is 14.9 Å². The molecular formula is C21H29Cl2N5O2P+. The first-order valence-electron chi connectivity index (χ1n) is 10.5. The van der Waals surface area contributed by atoms with Gasteiger partial charge in [0.1, 0.15) is 18.3 Å². The molecule has 0 unspecified atom stereocenters. The molecule has 10 heteroatoms. The Balaban J connectivity index is 1.40. The zero-order valence-electron chi connectivity index (χ0n) is 17.9. The topological polar surface area (TPSA) is 73.8 Å². The number of piperidine rings is 1. The summed E-state index contributed by atoms with van der Waals surface area (Å²) in [5.41, 5.74) is 1.90. The van der Waals surface area contributed by atoms with Crippen LogP contribution < -0.4 is 15.0 Å². The normalized spacial score (nSPS) is 20.0. The highest BCUT2D eigenvalue weighted by molar-refractivity contribution is 7.69. The van der Waals surface area contributed by atoms with Gasteiger partial charge in [0.05, 0.1) is 38.0 Å². The van der Waals surface area contributed by atoms with Gasteiger partial charge in [0.15, 0.2) is 5.82 Å². The van der Waals surface area contributed by atoms with Crippen molar-refractivity contribution in [3.05, 3.63) is 34.7 Å². The minimum Gasteiger partial charge on any atom is -0.494 e. The van der Waals surface area contributed by atoms with Crippen LogP contribution in [0.1, 0.15) is 12.8 Å². The molecule has 7 nitrogen and oxygen atoms in total. The quantitative estimate of drug-likeness (QED) is 0.481. The molecule has 2 N–H and O–H groups in total. The van der Waals surface area contributed by atoms with Crippen LogP contribution in [0.25, 0.3) is 0 Å². The van der Waals surface area contributed by atoms with Gasteiger partial charge < -0.3 is 15.0 Å². The fourth-order valence-electron chi connectivity index (χ4n) is 4.31. The summed E-state index contributed by atoms with van der Waals surface area (Å²) in [4.78, 5) is 23.3. The fourth-order valence-corrected chi connectivity index (χ4v) is 6.18. The van der Waals surface area contributed by atoms with E-state index < -0.39 is 7.49 Å². The van der Waals surface area contributed by atoms with Crippen molar-refractivity contribution in [2.24, 2.45) is 0 Å². The SMILES string of the molecule is COc1cc(N2CCC(N3CC[P+](C)(O)CC3)CC2)ccc1Nc1nc(Cl)ncc1Cl. The zero-order chi connectivity index (χ0) is 22.0. The highest BCUT2D eigenvalue weighted by Gasteiger charge is 2.37. The molecule has 1 aromatic carbocycles. The first-order valence-corrected chi connectivity index (χ1v) is 13.9. The summed E-state index contributed by atoms with van der Waals surface area (Å²) in [6, 6.07) is 6.72. The highest BCUT2D eigenvalue weighted by Crippen LogP contribution is 2.52. The van der Waals surface area contributed by atoms with E-state index in [-0.39, 0.29) is 5.28 Å². The summed E-state index contributed by atoms with van der Waals surface area (Å²) < 4.78 is 5.62. The molecule has 2 aliphatic rings. The molecule has 2 aromatic rings. The lowest BCUT2D eigenvalue weighted by Crippen LogP contribution is -2.49. The number of halogens is 2. The molecule has 0 saturated carbocycles. The molecule has 0 spiro atoms. The Hall–Kier alpha value is -1.37. The van der Waals surface area contributed by atoms with E-state index in [1.54, 1.807) is 7.11 Å². The maximum absolute atomic E-state index is 10.3. The number of methoxy groups -OCH3 is 1. The van der Waals surface area contributed by atoms with E-state index in [4.69, 9.17) is 27.9 Å². The van der Waals surface area contributed by atoms with Gasteiger partial charge in [-0.15, -0.1) is 0 Å². The third-order valence-corrected chi connectivity index (χ3v) is 9.02. The fraction of sp³-hybridized carbons (Fsp3) is 0.524. The molecule has 2 fully saturated rings. The van der Waals surface area contributed by atoms with Gasteiger partial charge in [0, 0.05) is 44.0 Å². The smallest absolute Gasteiger partial charge is 0.224 e. The van der Waals surface area contributed by atoms with Crippen molar-refractivity contribution in [2.45, 2.75) is 18.9 Å². The Labute approximate surface area is 194 Å². The first-order chi connectivity index (χ1) is 14.8. The predicted octanol–water partition coefficient (Wildman–Crippen LogP) is 4.37. The van der Waals surface area contributed by atoms with Gasteiger partial charge in [0.25, 0.3) is 0 Å². The van der Waals surface area contributed by atoms with E-state index in [1.165, 1.54) is 6.20 Å². The van der Waals surface area contributed by atoms with Gasteiger partial charge in [-0.2, -0.15) is 4.98 Å². The number of hydrogen-bond acceptors (Lipinski definition) is 7. The van der Waals surface area contributed by atoms with Crippen LogP contribution >= 0.6 is 30.7 Å². The van der Waals surface area contributed by atoms with Crippen molar-refractivity contribution >= 4 is 47.9 Å². The van der Waals surface area contributed by atoms with Gasteiger partial charge in [-0.3, -0.25) is 9.79 Å². The van der Waals surface area contributed by atoms with Crippen LogP contribution in [0.2, 0.25) is 10.3 Å². The molecule has 1 aromatic heterocycles. The Morgan fingerprint density at radius 2 is 1.87 bits per heavy atom. The second-order valence-electron chi connectivity index (χ2n) is 8.39. The Bertz CT molecular complexity index is 915. The van der Waals surface area contributed by atoms with E-state index in [0.29, 0.717) is 22.6 Å². The van der Waals surface area contributed by atoms with Crippen LogP contribution in [0, 0.1) is 0 Å². The zero-order valence-corrected chi connectivity index (χ0v) is 20.3. The lowest BCUT2D eigenvalue weighted by molar-refractivity contribution is 0.180. The van der Waals surface area contributed by atoms with Crippen molar-refractivity contribution in [3.8, 4) is 5.75 Å². The van der Waals surface area contributed by atoms with Crippen LogP contribution in [0.15, 0.2) is 24.4 Å². The van der Waals surface area contributed by atoms with Crippen molar-refractivity contribution in [2.75, 3.05) is 62.5 Å². The number of nitrogens with zero attached hydrogens (tertiary/aromatic N) is 4. The summed E-state index contributed by atoms with van der Waals surface area (Å²) >= 11 is 12.1. The lowest BCUT2D eigenvalue weighted by atomic mass is 10.0. The molecule has 0 atom stereocenters. The molecule has 2 saturated heterocycles. The standard InChI is InChI=1S/C21H29Cl2N5O2P/c1-30-19-13-16(3-4-18(19)25-20-17(22)14-24-21(23)26-20)27-7-5-15(6-8-27)28-9-11-31(2,29)12-10-28/h3-4,13-15,29H,5-12H2,1-2H3,(H,24,25,26)/q+1. The maximum Gasteiger partial charge on any atom is 0.224 e. The summed E-state index contributed by atoms with van der Waals surface area (Å²) in [6.45, 7) is 6.16. The summed E-state index contributed by atoms with van der Waals surface area (Å²) in [6.07, 6.45) is 5.69. The van der Waals surface area contributed by atoms with Crippen LogP contribution in [0.4, 0.5) is 17.2 Å². The molecule has 4 rings (SSSR count). The summed E-state index contributed by atoms with van der Waals surface area (Å²) in [5.74, 6) is 1.16. The van der Waals surface area contributed by atoms with Gasteiger partial charge >= 0.3 is 0 Å². The number of nitrogens with one attached hydrogen (secondary N) is 1. The summed E-state index contributed by atoms with van der Waals surface area (Å²) in [5, 5.41) is 3.70. The Morgan fingerprint density at radius 1 is 1.16 bits per heavy atom. The number of aromatic nitrogens is 2. The van der Waals surface area contributed by atoms with Crippen molar-refractivity contribution < 1.29 is 9.63 Å². The molecule has 3 heterocycles. The van der Waals surface area contributed by atoms with E-state index in [9.17, 15) is 4.89 Å². The lowest BCUT2D eigenvalue weighted by Gasteiger charge is -2.41. The van der Waals surface area contributed by atoms with Gasteiger partial charge in [-0.1, -0.05) is 11.6 Å². The minimum atomic E-state index is -1.63. The third kappa shape index (κ3) is 5.52. The van der Waals surface area contributed by atoms with E-state index in [2.05, 4.69) is 37.8 Å². The van der Waals surface area contributed by atoms with Gasteiger partial charge in [-0.25, -0.2) is 4.98 Å². The monoisotopic (exact) mass is 484 g/mol. The van der Waals surface area contributed by atoms with Crippen LogP contribution in [0.5, 0.6) is 5.75 Å². The number of rotatable bonds is 5. The predicted molar refractivity (Wildman–Crippen MR) is 130 cm³/mol. The van der Waals surface area contributed by atoms with Crippen molar-refractivity contribution in [1.29, 1.82) is 0 Å². The molecule has 31 heavy (non-hydrogen) atoms. The second-order valence-corrected chi connectivity index (χ2v) is 12.7. The second kappa shape index (κ2) is 9.63. The Morgan fingerprint density at radius 3 is 2.55 bits per heavy atom. The maximum atomic E-state index is 10.3. The van der Waals surface area contributed by atoms with Crippen LogP contribution in [0.3, 0.4) is 0 Å². The molecule has 0 bridgehead atoms. The average Bonchev–Trinajstić information content (AvgIpc) is 2.77. The number of benzene rings is 1.